The smallest absolute Gasteiger partial charge is 0.282 e. The van der Waals surface area contributed by atoms with Gasteiger partial charge in [-0.3, -0.25) is 9.59 Å². The third-order valence-corrected chi connectivity index (χ3v) is 5.48. The number of para-hydroxylation sites is 1. The van der Waals surface area contributed by atoms with E-state index in [1.807, 2.05) is 23.1 Å². The van der Waals surface area contributed by atoms with Gasteiger partial charge < -0.3 is 19.1 Å². The van der Waals surface area contributed by atoms with E-state index in [2.05, 4.69) is 0 Å². The molecule has 0 atom stereocenters. The van der Waals surface area contributed by atoms with E-state index in [4.69, 9.17) is 14.2 Å². The highest BCUT2D eigenvalue weighted by Gasteiger charge is 2.44. The molecule has 0 N–H and O–H groups in total. The van der Waals surface area contributed by atoms with E-state index < -0.39 is 0 Å². The van der Waals surface area contributed by atoms with Gasteiger partial charge in [-0.15, -0.1) is 0 Å². The molecule has 2 aliphatic heterocycles. The maximum Gasteiger partial charge on any atom is 0.282 e. The molecule has 1 saturated heterocycles. The van der Waals surface area contributed by atoms with Crippen LogP contribution >= 0.6 is 0 Å². The van der Waals surface area contributed by atoms with Crippen molar-refractivity contribution in [1.82, 2.24) is 4.90 Å². The lowest BCUT2D eigenvalue weighted by Gasteiger charge is -2.21. The quantitative estimate of drug-likeness (QED) is 0.685. The summed E-state index contributed by atoms with van der Waals surface area (Å²) in [6.07, 6.45) is 1.97. The van der Waals surface area contributed by atoms with Gasteiger partial charge in [0.05, 0.1) is 32.6 Å². The minimum absolute atomic E-state index is 0.338. The summed E-state index contributed by atoms with van der Waals surface area (Å²) in [7, 11) is 4.61. The van der Waals surface area contributed by atoms with Crippen molar-refractivity contribution in [3.63, 3.8) is 0 Å². The summed E-state index contributed by atoms with van der Waals surface area (Å²) >= 11 is 0. The lowest BCUT2D eigenvalue weighted by atomic mass is 10.0. The van der Waals surface area contributed by atoms with Crippen LogP contribution in [0, 0.1) is 0 Å². The molecular weight excluding hydrogens is 384 g/mol. The summed E-state index contributed by atoms with van der Waals surface area (Å²) in [5.74, 6) is 0.815. The van der Waals surface area contributed by atoms with Crippen LogP contribution < -0.4 is 19.1 Å². The zero-order chi connectivity index (χ0) is 21.3. The first-order valence-electron chi connectivity index (χ1n) is 9.84. The van der Waals surface area contributed by atoms with Crippen LogP contribution in [0.1, 0.15) is 18.4 Å². The van der Waals surface area contributed by atoms with Gasteiger partial charge >= 0.3 is 0 Å². The number of ether oxygens (including phenoxy) is 3. The van der Waals surface area contributed by atoms with Gasteiger partial charge in [-0.1, -0.05) is 18.2 Å². The Balaban J connectivity index is 1.85. The number of methoxy groups -OCH3 is 3. The minimum Gasteiger partial charge on any atom is -0.496 e. The van der Waals surface area contributed by atoms with Gasteiger partial charge in [0, 0.05) is 24.7 Å². The molecule has 1 fully saturated rings. The molecule has 2 aromatic carbocycles. The number of amides is 2. The average molecular weight is 408 g/mol. The van der Waals surface area contributed by atoms with Crippen LogP contribution in [0.5, 0.6) is 17.2 Å². The number of carbonyl (C=O) groups excluding carboxylic acids is 2. The van der Waals surface area contributed by atoms with Crippen molar-refractivity contribution >= 4 is 23.1 Å². The van der Waals surface area contributed by atoms with Gasteiger partial charge in [-0.2, -0.15) is 0 Å². The molecule has 156 valence electrons. The van der Waals surface area contributed by atoms with Crippen molar-refractivity contribution in [3.8, 4) is 17.2 Å². The average Bonchev–Trinajstić information content (AvgIpc) is 3.39. The standard InChI is InChI=1S/C23H24N2O5/c1-28-17-9-5-4-8-16(17)20-21(24-12-6-7-13-24)23(27)25(22(20)26)15-10-11-18(29-2)19(14-15)30-3/h4-5,8-11,14H,6-7,12-13H2,1-3H3. The van der Waals surface area contributed by atoms with E-state index in [1.165, 1.54) is 19.1 Å². The van der Waals surface area contributed by atoms with Crippen molar-refractivity contribution in [2.45, 2.75) is 12.8 Å². The Morgan fingerprint density at radius 2 is 1.43 bits per heavy atom. The predicted octanol–water partition coefficient (Wildman–Crippen LogP) is 3.09. The van der Waals surface area contributed by atoms with Crippen molar-refractivity contribution in [2.75, 3.05) is 39.3 Å². The van der Waals surface area contributed by atoms with Crippen LogP contribution in [-0.2, 0) is 9.59 Å². The normalized spacial score (nSPS) is 16.5. The van der Waals surface area contributed by atoms with Gasteiger partial charge in [0.25, 0.3) is 11.8 Å². The third kappa shape index (κ3) is 3.16. The van der Waals surface area contributed by atoms with E-state index in [-0.39, 0.29) is 11.8 Å². The first kappa shape index (κ1) is 19.8. The van der Waals surface area contributed by atoms with Gasteiger partial charge in [0.1, 0.15) is 11.4 Å². The van der Waals surface area contributed by atoms with Crippen LogP contribution in [-0.4, -0.2) is 51.1 Å². The molecule has 4 rings (SSSR count). The zero-order valence-electron chi connectivity index (χ0n) is 17.3. The van der Waals surface area contributed by atoms with Crippen molar-refractivity contribution in [2.24, 2.45) is 0 Å². The Bertz CT molecular complexity index is 1020. The second-order valence-electron chi connectivity index (χ2n) is 7.10. The molecular formula is C23H24N2O5. The lowest BCUT2D eigenvalue weighted by Crippen LogP contribution is -2.34. The molecule has 30 heavy (non-hydrogen) atoms. The van der Waals surface area contributed by atoms with Crippen LogP contribution in [0.2, 0.25) is 0 Å². The van der Waals surface area contributed by atoms with E-state index in [1.54, 1.807) is 31.4 Å². The lowest BCUT2D eigenvalue weighted by molar-refractivity contribution is -0.120. The summed E-state index contributed by atoms with van der Waals surface area (Å²) in [4.78, 5) is 30.3. The summed E-state index contributed by atoms with van der Waals surface area (Å²) in [5.41, 5.74) is 1.85. The second kappa shape index (κ2) is 8.10. The molecule has 0 bridgehead atoms. The summed E-state index contributed by atoms with van der Waals surface area (Å²) in [6.45, 7) is 1.49. The first-order chi connectivity index (χ1) is 14.6. The topological polar surface area (TPSA) is 68.3 Å². The molecule has 0 radical (unpaired) electrons. The summed E-state index contributed by atoms with van der Waals surface area (Å²) in [6, 6.07) is 12.3. The monoisotopic (exact) mass is 408 g/mol. The summed E-state index contributed by atoms with van der Waals surface area (Å²) in [5, 5.41) is 0. The second-order valence-corrected chi connectivity index (χ2v) is 7.10. The van der Waals surface area contributed by atoms with Gasteiger partial charge in [0.2, 0.25) is 0 Å². The van der Waals surface area contributed by atoms with Crippen molar-refractivity contribution in [1.29, 1.82) is 0 Å². The number of imide groups is 1. The summed E-state index contributed by atoms with van der Waals surface area (Å²) < 4.78 is 16.1. The highest BCUT2D eigenvalue weighted by molar-refractivity contribution is 6.45. The number of rotatable bonds is 6. The number of nitrogens with zero attached hydrogens (tertiary/aromatic N) is 2. The molecule has 0 spiro atoms. The molecule has 2 heterocycles. The predicted molar refractivity (Wildman–Crippen MR) is 113 cm³/mol. The Morgan fingerprint density at radius 1 is 0.767 bits per heavy atom. The van der Waals surface area contributed by atoms with E-state index >= 15 is 0 Å². The number of benzene rings is 2. The van der Waals surface area contributed by atoms with E-state index in [0.717, 1.165) is 25.9 Å². The molecule has 0 aromatic heterocycles. The van der Waals surface area contributed by atoms with Crippen LogP contribution in [0.4, 0.5) is 5.69 Å². The number of carbonyl (C=O) groups is 2. The van der Waals surface area contributed by atoms with Crippen LogP contribution in [0.15, 0.2) is 48.2 Å². The number of hydrogen-bond donors (Lipinski definition) is 0. The number of hydrogen-bond acceptors (Lipinski definition) is 6. The highest BCUT2D eigenvalue weighted by Crippen LogP contribution is 2.41. The Labute approximate surface area is 175 Å². The molecule has 2 aliphatic rings. The molecule has 0 saturated carbocycles. The Hall–Kier alpha value is -3.48. The van der Waals surface area contributed by atoms with Gasteiger partial charge in [-0.25, -0.2) is 4.90 Å². The Kier molecular flexibility index (Phi) is 5.35. The van der Waals surface area contributed by atoms with Crippen LogP contribution in [0.3, 0.4) is 0 Å². The van der Waals surface area contributed by atoms with E-state index in [0.29, 0.717) is 39.8 Å². The molecule has 2 aromatic rings. The van der Waals surface area contributed by atoms with Gasteiger partial charge in [0.15, 0.2) is 11.5 Å². The Morgan fingerprint density at radius 3 is 2.10 bits per heavy atom. The largest absolute Gasteiger partial charge is 0.496 e. The minimum atomic E-state index is -0.376. The number of likely N-dealkylation sites (tertiary alicyclic amines) is 1. The van der Waals surface area contributed by atoms with Gasteiger partial charge in [-0.05, 0) is 31.0 Å². The molecule has 2 amide bonds. The SMILES string of the molecule is COc1ccc(N2C(=O)C(c3ccccc3OC)=C(N3CCCC3)C2=O)cc1OC. The maximum atomic E-state index is 13.6. The first-order valence-corrected chi connectivity index (χ1v) is 9.84. The van der Waals surface area contributed by atoms with Crippen molar-refractivity contribution in [3.05, 3.63) is 53.7 Å². The zero-order valence-corrected chi connectivity index (χ0v) is 17.3. The fraction of sp³-hybridized carbons (Fsp3) is 0.304. The molecule has 7 nitrogen and oxygen atoms in total. The highest BCUT2D eigenvalue weighted by atomic mass is 16.5. The maximum absolute atomic E-state index is 13.6. The van der Waals surface area contributed by atoms with Crippen LogP contribution in [0.25, 0.3) is 5.57 Å². The fourth-order valence-corrected chi connectivity index (χ4v) is 4.04. The van der Waals surface area contributed by atoms with Crippen molar-refractivity contribution < 1.29 is 23.8 Å². The molecule has 0 unspecified atom stereocenters. The number of anilines is 1. The van der Waals surface area contributed by atoms with E-state index in [9.17, 15) is 9.59 Å². The fourth-order valence-electron chi connectivity index (χ4n) is 4.04. The molecule has 0 aliphatic carbocycles. The third-order valence-electron chi connectivity index (χ3n) is 5.48. The molecule has 7 heteroatoms.